The smallest absolute Gasteiger partial charge is 0.168 e. The van der Waals surface area contributed by atoms with Crippen LogP contribution in [0.25, 0.3) is 0 Å². The molecule has 0 aromatic carbocycles. The molecule has 6 heteroatoms. The standard InChI is InChI=1S/C17H26ClNO3S/c1-4-14(19-22-8-6-7-18)17-15(20)9-13(10-16(17)21)12(3)11-23-5-2/h6-7,12-13,20H,4-5,8-11H2,1-3H3/b7-6+,19-14+. The van der Waals surface area contributed by atoms with Crippen LogP contribution in [-0.4, -0.2) is 34.7 Å². The van der Waals surface area contributed by atoms with Gasteiger partial charge in [0.1, 0.15) is 12.4 Å². The maximum absolute atomic E-state index is 12.5. The van der Waals surface area contributed by atoms with Crippen LogP contribution in [-0.2, 0) is 9.63 Å². The Hall–Kier alpha value is -0.940. The highest BCUT2D eigenvalue weighted by atomic mass is 35.5. The van der Waals surface area contributed by atoms with E-state index in [9.17, 15) is 9.90 Å². The van der Waals surface area contributed by atoms with Gasteiger partial charge in [0.2, 0.25) is 0 Å². The SMILES string of the molecule is CCSCC(C)C1CC(=O)C(/C(CC)=N/OC/C=C/Cl)=C(O)C1. The molecule has 0 aromatic heterocycles. The summed E-state index contributed by atoms with van der Waals surface area (Å²) < 4.78 is 0. The monoisotopic (exact) mass is 359 g/mol. The molecule has 1 aliphatic rings. The third-order valence-electron chi connectivity index (χ3n) is 3.92. The molecule has 0 aromatic rings. The van der Waals surface area contributed by atoms with E-state index in [4.69, 9.17) is 16.4 Å². The molecule has 0 heterocycles. The van der Waals surface area contributed by atoms with E-state index in [1.54, 1.807) is 6.08 Å². The van der Waals surface area contributed by atoms with E-state index in [2.05, 4.69) is 19.0 Å². The fourth-order valence-electron chi connectivity index (χ4n) is 2.57. The Bertz CT molecular complexity index is 488. The largest absolute Gasteiger partial charge is 0.511 e. The summed E-state index contributed by atoms with van der Waals surface area (Å²) >= 11 is 7.28. The molecule has 130 valence electrons. The fourth-order valence-corrected chi connectivity index (χ4v) is 3.53. The Morgan fingerprint density at radius 2 is 2.26 bits per heavy atom. The second kappa shape index (κ2) is 10.8. The van der Waals surface area contributed by atoms with Crippen molar-refractivity contribution >= 4 is 34.9 Å². The summed E-state index contributed by atoms with van der Waals surface area (Å²) in [6.07, 6.45) is 3.14. The van der Waals surface area contributed by atoms with E-state index in [1.165, 1.54) is 5.54 Å². The van der Waals surface area contributed by atoms with Crippen molar-refractivity contribution in [1.82, 2.24) is 0 Å². The van der Waals surface area contributed by atoms with E-state index in [0.29, 0.717) is 36.5 Å². The maximum Gasteiger partial charge on any atom is 0.168 e. The lowest BCUT2D eigenvalue weighted by atomic mass is 9.79. The first-order chi connectivity index (χ1) is 11.0. The molecule has 1 rings (SSSR count). The number of hydrogen-bond donors (Lipinski definition) is 1. The van der Waals surface area contributed by atoms with Gasteiger partial charge < -0.3 is 9.94 Å². The highest BCUT2D eigenvalue weighted by molar-refractivity contribution is 7.99. The van der Waals surface area contributed by atoms with Crippen LogP contribution in [0.4, 0.5) is 0 Å². The number of ketones is 1. The number of aliphatic hydroxyl groups is 1. The highest BCUT2D eigenvalue weighted by Crippen LogP contribution is 2.33. The first-order valence-corrected chi connectivity index (χ1v) is 9.61. The van der Waals surface area contributed by atoms with Crippen LogP contribution >= 0.6 is 23.4 Å². The van der Waals surface area contributed by atoms with E-state index in [-0.39, 0.29) is 24.1 Å². The van der Waals surface area contributed by atoms with Crippen LogP contribution in [0.5, 0.6) is 0 Å². The van der Waals surface area contributed by atoms with Crippen LogP contribution in [0.1, 0.15) is 40.0 Å². The first kappa shape index (κ1) is 20.1. The second-order valence-electron chi connectivity index (χ2n) is 5.60. The summed E-state index contributed by atoms with van der Waals surface area (Å²) in [7, 11) is 0. The minimum atomic E-state index is -0.0378. The minimum absolute atomic E-state index is 0.0378. The first-order valence-electron chi connectivity index (χ1n) is 8.02. The number of carbonyl (C=O) groups is 1. The zero-order chi connectivity index (χ0) is 17.2. The molecule has 0 radical (unpaired) electrons. The summed E-state index contributed by atoms with van der Waals surface area (Å²) in [5.41, 5.74) is 2.20. The molecule has 2 atom stereocenters. The van der Waals surface area contributed by atoms with Gasteiger partial charge >= 0.3 is 0 Å². The Morgan fingerprint density at radius 1 is 1.52 bits per heavy atom. The fraction of sp³-hybridized carbons (Fsp3) is 0.647. The van der Waals surface area contributed by atoms with Gasteiger partial charge in [0.05, 0.1) is 11.3 Å². The quantitative estimate of drug-likeness (QED) is 0.368. The van der Waals surface area contributed by atoms with Crippen molar-refractivity contribution in [3.8, 4) is 0 Å². The Labute approximate surface area is 148 Å². The molecule has 0 saturated heterocycles. The second-order valence-corrected chi connectivity index (χ2v) is 7.17. The molecule has 1 aliphatic carbocycles. The van der Waals surface area contributed by atoms with Crippen molar-refractivity contribution in [1.29, 1.82) is 0 Å². The number of Topliss-reactive ketones (excluding diaryl/α,β-unsaturated/α-hetero) is 1. The molecule has 23 heavy (non-hydrogen) atoms. The Balaban J connectivity index is 2.83. The lowest BCUT2D eigenvalue weighted by molar-refractivity contribution is -0.117. The third kappa shape index (κ3) is 6.22. The van der Waals surface area contributed by atoms with E-state index < -0.39 is 0 Å². The highest BCUT2D eigenvalue weighted by Gasteiger charge is 2.32. The van der Waals surface area contributed by atoms with Gasteiger partial charge in [-0.3, -0.25) is 4.79 Å². The van der Waals surface area contributed by atoms with Crippen molar-refractivity contribution in [3.05, 3.63) is 22.9 Å². The van der Waals surface area contributed by atoms with Gasteiger partial charge in [-0.1, -0.05) is 37.5 Å². The lowest BCUT2D eigenvalue weighted by Crippen LogP contribution is -2.28. The van der Waals surface area contributed by atoms with Gasteiger partial charge in [0, 0.05) is 18.4 Å². The molecule has 0 fully saturated rings. The number of aliphatic hydroxyl groups excluding tert-OH is 1. The van der Waals surface area contributed by atoms with Crippen LogP contribution in [0.15, 0.2) is 28.1 Å². The summed E-state index contributed by atoms with van der Waals surface area (Å²) in [5.74, 6) is 2.79. The topological polar surface area (TPSA) is 58.9 Å². The third-order valence-corrected chi connectivity index (χ3v) is 5.27. The van der Waals surface area contributed by atoms with Crippen LogP contribution < -0.4 is 0 Å². The molecule has 1 N–H and O–H groups in total. The van der Waals surface area contributed by atoms with Crippen molar-refractivity contribution in [2.75, 3.05) is 18.1 Å². The molecule has 0 spiro atoms. The predicted molar refractivity (Wildman–Crippen MR) is 98.2 cm³/mol. The molecule has 0 saturated carbocycles. The average molecular weight is 360 g/mol. The number of oxime groups is 1. The molecule has 0 amide bonds. The normalized spacial score (nSPS) is 21.1. The van der Waals surface area contributed by atoms with Crippen molar-refractivity contribution in [2.45, 2.75) is 40.0 Å². The summed E-state index contributed by atoms with van der Waals surface area (Å²) in [5, 5.41) is 14.4. The number of halogens is 1. The molecule has 2 unspecified atom stereocenters. The molecule has 4 nitrogen and oxygen atoms in total. The number of thioether (sulfide) groups is 1. The molecule has 0 bridgehead atoms. The number of carbonyl (C=O) groups excluding carboxylic acids is 1. The zero-order valence-corrected chi connectivity index (χ0v) is 15.6. The number of rotatable bonds is 9. The van der Waals surface area contributed by atoms with Crippen molar-refractivity contribution in [3.63, 3.8) is 0 Å². The Morgan fingerprint density at radius 3 is 2.83 bits per heavy atom. The zero-order valence-electron chi connectivity index (χ0n) is 14.0. The summed E-state index contributed by atoms with van der Waals surface area (Å²) in [6.45, 7) is 6.40. The minimum Gasteiger partial charge on any atom is -0.511 e. The molecular weight excluding hydrogens is 334 g/mol. The number of allylic oxidation sites excluding steroid dienone is 2. The Kier molecular flexibility index (Phi) is 9.41. The van der Waals surface area contributed by atoms with Crippen molar-refractivity contribution in [2.24, 2.45) is 17.0 Å². The van der Waals surface area contributed by atoms with E-state index >= 15 is 0 Å². The summed E-state index contributed by atoms with van der Waals surface area (Å²) in [6, 6.07) is 0. The van der Waals surface area contributed by atoms with Gasteiger partial charge in [0.15, 0.2) is 5.78 Å². The number of hydrogen-bond acceptors (Lipinski definition) is 5. The van der Waals surface area contributed by atoms with Gasteiger partial charge in [0.25, 0.3) is 0 Å². The van der Waals surface area contributed by atoms with E-state index in [1.807, 2.05) is 18.7 Å². The van der Waals surface area contributed by atoms with Crippen LogP contribution in [0.2, 0.25) is 0 Å². The van der Waals surface area contributed by atoms with Gasteiger partial charge in [-0.25, -0.2) is 0 Å². The van der Waals surface area contributed by atoms with E-state index in [0.717, 1.165) is 11.5 Å². The number of nitrogens with zero attached hydrogens (tertiary/aromatic N) is 1. The molecular formula is C17H26ClNO3S. The predicted octanol–water partition coefficient (Wildman–Crippen LogP) is 4.70. The van der Waals surface area contributed by atoms with Gasteiger partial charge in [-0.15, -0.1) is 0 Å². The lowest BCUT2D eigenvalue weighted by Gasteiger charge is -2.28. The van der Waals surface area contributed by atoms with Gasteiger partial charge in [-0.2, -0.15) is 11.8 Å². The summed E-state index contributed by atoms with van der Waals surface area (Å²) in [4.78, 5) is 17.6. The van der Waals surface area contributed by atoms with Crippen LogP contribution in [0, 0.1) is 11.8 Å². The maximum atomic E-state index is 12.5. The molecule has 0 aliphatic heterocycles. The van der Waals surface area contributed by atoms with Crippen LogP contribution in [0.3, 0.4) is 0 Å². The van der Waals surface area contributed by atoms with Gasteiger partial charge in [-0.05, 0) is 35.8 Å². The average Bonchev–Trinajstić information content (AvgIpc) is 2.53. The van der Waals surface area contributed by atoms with Crippen molar-refractivity contribution < 1.29 is 14.7 Å².